The number of imidazole rings is 1. The maximum absolute atomic E-state index is 14.1. The zero-order chi connectivity index (χ0) is 22.3. The van der Waals surface area contributed by atoms with Crippen molar-refractivity contribution < 1.29 is 12.8 Å². The number of aryl methyl sites for hydroxylation is 1. The first kappa shape index (κ1) is 19.8. The summed E-state index contributed by atoms with van der Waals surface area (Å²) >= 11 is 0. The summed E-state index contributed by atoms with van der Waals surface area (Å²) in [6, 6.07) is 14.2. The molecule has 2 aromatic carbocycles. The van der Waals surface area contributed by atoms with E-state index in [1.165, 1.54) is 6.07 Å². The van der Waals surface area contributed by atoms with E-state index in [1.54, 1.807) is 24.3 Å². The molecule has 0 amide bonds. The molecule has 0 atom stereocenters. The van der Waals surface area contributed by atoms with Crippen LogP contribution in [-0.4, -0.2) is 38.4 Å². The number of sulfonamides is 1. The van der Waals surface area contributed by atoms with Crippen LogP contribution in [0.4, 0.5) is 10.1 Å². The quantitative estimate of drug-likeness (QED) is 0.424. The number of nitrogens with zero attached hydrogens (tertiary/aromatic N) is 5. The Hall–Kier alpha value is -4.12. The van der Waals surface area contributed by atoms with Gasteiger partial charge in [0.2, 0.25) is 5.82 Å². The molecule has 0 saturated carbocycles. The van der Waals surface area contributed by atoms with Crippen molar-refractivity contribution in [3.8, 4) is 22.6 Å². The van der Waals surface area contributed by atoms with Crippen LogP contribution in [0.15, 0.2) is 71.9 Å². The Balaban J connectivity index is 1.40. The number of fused-ring (bicyclic) bond motifs is 1. The van der Waals surface area contributed by atoms with E-state index in [9.17, 15) is 12.8 Å². The molecule has 0 spiro atoms. The molecule has 32 heavy (non-hydrogen) atoms. The molecule has 0 aliphatic heterocycles. The van der Waals surface area contributed by atoms with Gasteiger partial charge < -0.3 is 4.40 Å². The predicted octanol–water partition coefficient (Wildman–Crippen LogP) is 3.43. The number of hydrogen-bond acceptors (Lipinski definition) is 6. The summed E-state index contributed by atoms with van der Waals surface area (Å²) in [7, 11) is -3.97. The molecule has 160 valence electrons. The summed E-state index contributed by atoms with van der Waals surface area (Å²) in [5.74, 6) is -0.691. The standard InChI is InChI=1S/C21H16FN7O2S/c1-13-8-9-29-12-19(23-20(29)10-13)14-2-4-15(5-3-14)26-32(30,31)16-6-7-18(22)17(11-16)21-24-27-28-25-21/h2-12,26H,1H3,(H,24,25,27,28). The number of rotatable bonds is 5. The third-order valence-electron chi connectivity index (χ3n) is 4.88. The van der Waals surface area contributed by atoms with Crippen molar-refractivity contribution in [2.75, 3.05) is 4.72 Å². The molecule has 0 saturated heterocycles. The van der Waals surface area contributed by atoms with Crippen molar-refractivity contribution in [1.29, 1.82) is 0 Å². The number of hydrogen-bond donors (Lipinski definition) is 2. The van der Waals surface area contributed by atoms with E-state index < -0.39 is 15.8 Å². The maximum Gasteiger partial charge on any atom is 0.261 e. The molecule has 3 heterocycles. The summed E-state index contributed by atoms with van der Waals surface area (Å²) in [5, 5.41) is 13.0. The van der Waals surface area contributed by atoms with Gasteiger partial charge in [0, 0.05) is 23.6 Å². The number of tetrazole rings is 1. The molecule has 0 radical (unpaired) electrons. The highest BCUT2D eigenvalue weighted by Gasteiger charge is 2.19. The van der Waals surface area contributed by atoms with Gasteiger partial charge in [-0.3, -0.25) is 4.72 Å². The van der Waals surface area contributed by atoms with Crippen LogP contribution in [0.25, 0.3) is 28.3 Å². The Morgan fingerprint density at radius 1 is 1.06 bits per heavy atom. The van der Waals surface area contributed by atoms with Crippen LogP contribution in [-0.2, 0) is 10.0 Å². The lowest BCUT2D eigenvalue weighted by Crippen LogP contribution is -2.13. The lowest BCUT2D eigenvalue weighted by Gasteiger charge is -2.09. The molecule has 0 fully saturated rings. The fraction of sp³-hybridized carbons (Fsp3) is 0.0476. The van der Waals surface area contributed by atoms with Crippen LogP contribution < -0.4 is 4.72 Å². The lowest BCUT2D eigenvalue weighted by molar-refractivity contribution is 0.600. The zero-order valence-corrected chi connectivity index (χ0v) is 17.5. The van der Waals surface area contributed by atoms with Gasteiger partial charge in [-0.25, -0.2) is 17.8 Å². The topological polar surface area (TPSA) is 118 Å². The first-order valence-electron chi connectivity index (χ1n) is 9.51. The number of aromatic amines is 1. The second-order valence-electron chi connectivity index (χ2n) is 7.16. The average molecular weight is 449 g/mol. The van der Waals surface area contributed by atoms with Crippen molar-refractivity contribution in [2.45, 2.75) is 11.8 Å². The van der Waals surface area contributed by atoms with E-state index >= 15 is 0 Å². The molecule has 3 aromatic heterocycles. The summed E-state index contributed by atoms with van der Waals surface area (Å²) in [6.07, 6.45) is 3.85. The minimum absolute atomic E-state index is 0.0356. The van der Waals surface area contributed by atoms with Crippen LogP contribution in [0.3, 0.4) is 0 Å². The van der Waals surface area contributed by atoms with Crippen molar-refractivity contribution in [3.05, 3.63) is 78.4 Å². The van der Waals surface area contributed by atoms with E-state index in [2.05, 4.69) is 30.3 Å². The van der Waals surface area contributed by atoms with Crippen molar-refractivity contribution in [3.63, 3.8) is 0 Å². The number of aromatic nitrogens is 6. The molecule has 2 N–H and O–H groups in total. The van der Waals surface area contributed by atoms with Crippen molar-refractivity contribution in [1.82, 2.24) is 30.0 Å². The molecule has 0 aliphatic rings. The van der Waals surface area contributed by atoms with Gasteiger partial charge in [0.15, 0.2) is 0 Å². The first-order chi connectivity index (χ1) is 15.4. The van der Waals surface area contributed by atoms with Crippen LogP contribution in [0, 0.1) is 12.7 Å². The Morgan fingerprint density at radius 2 is 1.88 bits per heavy atom. The maximum atomic E-state index is 14.1. The van der Waals surface area contributed by atoms with Crippen LogP contribution in [0.5, 0.6) is 0 Å². The Kier molecular flexibility index (Phi) is 4.67. The van der Waals surface area contributed by atoms with Gasteiger partial charge in [-0.15, -0.1) is 10.2 Å². The average Bonchev–Trinajstić information content (AvgIpc) is 3.44. The normalized spacial score (nSPS) is 11.7. The predicted molar refractivity (Wildman–Crippen MR) is 116 cm³/mol. The Morgan fingerprint density at radius 3 is 2.62 bits per heavy atom. The molecule has 5 aromatic rings. The van der Waals surface area contributed by atoms with Gasteiger partial charge in [0.05, 0.1) is 16.2 Å². The second-order valence-corrected chi connectivity index (χ2v) is 8.84. The highest BCUT2D eigenvalue weighted by molar-refractivity contribution is 7.92. The third kappa shape index (κ3) is 3.69. The molecule has 5 rings (SSSR count). The molecule has 11 heteroatoms. The minimum atomic E-state index is -3.97. The van der Waals surface area contributed by atoms with Gasteiger partial charge in [0.25, 0.3) is 10.0 Å². The SMILES string of the molecule is Cc1ccn2cc(-c3ccc(NS(=O)(=O)c4ccc(F)c(-c5nn[nH]n5)c4)cc3)nc2c1. The molecule has 0 aliphatic carbocycles. The molecule has 9 nitrogen and oxygen atoms in total. The molecule has 0 bridgehead atoms. The number of pyridine rings is 1. The van der Waals surface area contributed by atoms with E-state index in [0.717, 1.165) is 34.6 Å². The second kappa shape index (κ2) is 7.54. The summed E-state index contributed by atoms with van der Waals surface area (Å²) in [6.45, 7) is 2.00. The third-order valence-corrected chi connectivity index (χ3v) is 6.26. The summed E-state index contributed by atoms with van der Waals surface area (Å²) < 4.78 is 44.2. The Bertz CT molecular complexity index is 1530. The van der Waals surface area contributed by atoms with Crippen molar-refractivity contribution >= 4 is 21.4 Å². The van der Waals surface area contributed by atoms with Gasteiger partial charge in [-0.05, 0) is 60.2 Å². The van der Waals surface area contributed by atoms with Gasteiger partial charge in [-0.2, -0.15) is 5.21 Å². The number of nitrogens with one attached hydrogen (secondary N) is 2. The van der Waals surface area contributed by atoms with Crippen LogP contribution >= 0.6 is 0 Å². The smallest absolute Gasteiger partial charge is 0.261 e. The van der Waals surface area contributed by atoms with Crippen LogP contribution in [0.1, 0.15) is 5.56 Å². The van der Waals surface area contributed by atoms with Gasteiger partial charge in [-0.1, -0.05) is 12.1 Å². The summed E-state index contributed by atoms with van der Waals surface area (Å²) in [4.78, 5) is 4.48. The largest absolute Gasteiger partial charge is 0.306 e. The molecule has 0 unspecified atom stereocenters. The van der Waals surface area contributed by atoms with E-state index in [-0.39, 0.29) is 16.3 Å². The lowest BCUT2D eigenvalue weighted by atomic mass is 10.1. The highest BCUT2D eigenvalue weighted by Crippen LogP contribution is 2.26. The molecular formula is C21H16FN7O2S. The van der Waals surface area contributed by atoms with Gasteiger partial charge >= 0.3 is 0 Å². The monoisotopic (exact) mass is 449 g/mol. The summed E-state index contributed by atoms with van der Waals surface area (Å²) in [5.41, 5.74) is 3.85. The fourth-order valence-electron chi connectivity index (χ4n) is 3.26. The number of halogens is 1. The van der Waals surface area contributed by atoms with E-state index in [1.807, 2.05) is 35.9 Å². The number of benzene rings is 2. The van der Waals surface area contributed by atoms with E-state index in [0.29, 0.717) is 5.69 Å². The van der Waals surface area contributed by atoms with E-state index in [4.69, 9.17) is 0 Å². The fourth-order valence-corrected chi connectivity index (χ4v) is 4.35. The first-order valence-corrected chi connectivity index (χ1v) is 11.0. The minimum Gasteiger partial charge on any atom is -0.306 e. The van der Waals surface area contributed by atoms with Crippen LogP contribution in [0.2, 0.25) is 0 Å². The highest BCUT2D eigenvalue weighted by atomic mass is 32.2. The van der Waals surface area contributed by atoms with Gasteiger partial charge in [0.1, 0.15) is 11.5 Å². The zero-order valence-electron chi connectivity index (χ0n) is 16.7. The Labute approximate surface area is 182 Å². The molecular weight excluding hydrogens is 433 g/mol. The van der Waals surface area contributed by atoms with Crippen molar-refractivity contribution in [2.24, 2.45) is 0 Å². The number of H-pyrrole nitrogens is 1. The number of anilines is 1.